The molecule has 2 heterocycles. The Morgan fingerprint density at radius 1 is 0.816 bits per heavy atom. The summed E-state index contributed by atoms with van der Waals surface area (Å²) in [5, 5.41) is 0. The summed E-state index contributed by atoms with van der Waals surface area (Å²) in [6, 6.07) is 24.9. The zero-order chi connectivity index (χ0) is 26.0. The van der Waals surface area contributed by atoms with Gasteiger partial charge in [-0.25, -0.2) is 4.39 Å². The molecule has 38 heavy (non-hydrogen) atoms. The number of nitrogens with zero attached hydrogens (tertiary/aromatic N) is 2. The molecule has 2 aliphatic rings. The van der Waals surface area contributed by atoms with Crippen molar-refractivity contribution in [3.8, 4) is 16.9 Å². The maximum Gasteiger partial charge on any atom is 0.119 e. The molecule has 0 aliphatic carbocycles. The van der Waals surface area contributed by atoms with Crippen molar-refractivity contribution < 1.29 is 13.9 Å². The molecule has 2 saturated heterocycles. The van der Waals surface area contributed by atoms with Crippen LogP contribution < -0.4 is 9.64 Å². The van der Waals surface area contributed by atoms with E-state index in [1.165, 1.54) is 24.9 Å². The average Bonchev–Trinajstić information content (AvgIpc) is 2.98. The van der Waals surface area contributed by atoms with Crippen molar-refractivity contribution in [1.29, 1.82) is 0 Å². The van der Waals surface area contributed by atoms with E-state index in [0.29, 0.717) is 19.4 Å². The summed E-state index contributed by atoms with van der Waals surface area (Å²) < 4.78 is 26.1. The zero-order valence-corrected chi connectivity index (χ0v) is 22.3. The summed E-state index contributed by atoms with van der Waals surface area (Å²) in [6.45, 7) is 7.41. The summed E-state index contributed by atoms with van der Waals surface area (Å²) in [6.07, 6.45) is 6.50. The number of morpholine rings is 1. The second-order valence-corrected chi connectivity index (χ2v) is 10.3. The van der Waals surface area contributed by atoms with Crippen LogP contribution in [0.4, 0.5) is 10.1 Å². The number of hydrogen-bond acceptors (Lipinski definition) is 4. The van der Waals surface area contributed by atoms with E-state index in [4.69, 9.17) is 9.47 Å². The highest BCUT2D eigenvalue weighted by molar-refractivity contribution is 5.64. The van der Waals surface area contributed by atoms with Crippen molar-refractivity contribution in [2.24, 2.45) is 0 Å². The lowest BCUT2D eigenvalue weighted by molar-refractivity contribution is 0.0322. The van der Waals surface area contributed by atoms with Crippen LogP contribution in [0.5, 0.6) is 5.75 Å². The largest absolute Gasteiger partial charge is 0.492 e. The predicted molar refractivity (Wildman–Crippen MR) is 154 cm³/mol. The maximum absolute atomic E-state index is 14.7. The molecule has 0 N–H and O–H groups in total. The summed E-state index contributed by atoms with van der Waals surface area (Å²) >= 11 is 0. The van der Waals surface area contributed by atoms with Crippen molar-refractivity contribution in [3.63, 3.8) is 0 Å². The lowest BCUT2D eigenvalue weighted by atomic mass is 10.0. The van der Waals surface area contributed by atoms with Crippen LogP contribution in [-0.4, -0.2) is 57.4 Å². The molecule has 0 radical (unpaired) electrons. The van der Waals surface area contributed by atoms with E-state index in [-0.39, 0.29) is 5.83 Å². The Kier molecular flexibility index (Phi) is 9.46. The molecule has 0 unspecified atom stereocenters. The fourth-order valence-corrected chi connectivity index (χ4v) is 5.20. The highest BCUT2D eigenvalue weighted by Gasteiger charge is 2.11. The molecule has 3 aromatic rings. The highest BCUT2D eigenvalue weighted by atomic mass is 19.1. The third kappa shape index (κ3) is 7.68. The lowest BCUT2D eigenvalue weighted by Crippen LogP contribution is -2.38. The first-order chi connectivity index (χ1) is 18.7. The van der Waals surface area contributed by atoms with E-state index in [1.54, 1.807) is 6.08 Å². The Hall–Kier alpha value is -3.15. The Labute approximate surface area is 226 Å². The van der Waals surface area contributed by atoms with Gasteiger partial charge in [-0.05, 0) is 78.3 Å². The van der Waals surface area contributed by atoms with Crippen LogP contribution in [0.2, 0.25) is 0 Å². The first-order valence-corrected chi connectivity index (χ1v) is 14.0. The minimum Gasteiger partial charge on any atom is -0.492 e. The van der Waals surface area contributed by atoms with Crippen LogP contribution in [0.1, 0.15) is 30.4 Å². The summed E-state index contributed by atoms with van der Waals surface area (Å²) in [7, 11) is 0. The predicted octanol–water partition coefficient (Wildman–Crippen LogP) is 6.69. The van der Waals surface area contributed by atoms with Gasteiger partial charge in [0.05, 0.1) is 13.2 Å². The molecular formula is C33H39FN2O2. The van der Waals surface area contributed by atoms with E-state index < -0.39 is 0 Å². The summed E-state index contributed by atoms with van der Waals surface area (Å²) in [5.41, 5.74) is 5.65. The molecule has 2 fully saturated rings. The lowest BCUT2D eigenvalue weighted by Gasteiger charge is -2.29. The fourth-order valence-electron chi connectivity index (χ4n) is 5.20. The second-order valence-electron chi connectivity index (χ2n) is 10.3. The van der Waals surface area contributed by atoms with Gasteiger partial charge in [-0.15, -0.1) is 0 Å². The van der Waals surface area contributed by atoms with Gasteiger partial charge in [0.15, 0.2) is 0 Å². The van der Waals surface area contributed by atoms with Gasteiger partial charge in [0.1, 0.15) is 18.2 Å². The Bertz CT molecular complexity index is 1160. The number of piperidine rings is 1. The van der Waals surface area contributed by atoms with Crippen LogP contribution >= 0.6 is 0 Å². The van der Waals surface area contributed by atoms with Crippen molar-refractivity contribution in [2.45, 2.75) is 32.1 Å². The van der Waals surface area contributed by atoms with Gasteiger partial charge in [0.2, 0.25) is 0 Å². The second kappa shape index (κ2) is 13.6. The van der Waals surface area contributed by atoms with Crippen LogP contribution in [0.25, 0.3) is 11.1 Å². The van der Waals surface area contributed by atoms with Crippen LogP contribution in [0.15, 0.2) is 84.7 Å². The van der Waals surface area contributed by atoms with Gasteiger partial charge in [0, 0.05) is 44.8 Å². The van der Waals surface area contributed by atoms with Gasteiger partial charge in [-0.3, -0.25) is 4.90 Å². The monoisotopic (exact) mass is 514 g/mol. The van der Waals surface area contributed by atoms with Crippen LogP contribution in [-0.2, 0) is 17.6 Å². The van der Waals surface area contributed by atoms with Crippen molar-refractivity contribution in [1.82, 2.24) is 4.90 Å². The molecule has 200 valence electrons. The maximum atomic E-state index is 14.7. The minimum absolute atomic E-state index is 0.0836. The van der Waals surface area contributed by atoms with E-state index in [1.807, 2.05) is 24.3 Å². The molecule has 0 amide bonds. The van der Waals surface area contributed by atoms with E-state index in [0.717, 1.165) is 73.9 Å². The molecule has 5 rings (SSSR count). The normalized spacial score (nSPS) is 17.0. The third-order valence-corrected chi connectivity index (χ3v) is 7.49. The number of hydrogen-bond donors (Lipinski definition) is 0. The first kappa shape index (κ1) is 26.5. The smallest absolute Gasteiger partial charge is 0.119 e. The summed E-state index contributed by atoms with van der Waals surface area (Å²) in [4.78, 5) is 4.81. The van der Waals surface area contributed by atoms with Gasteiger partial charge < -0.3 is 14.4 Å². The van der Waals surface area contributed by atoms with E-state index >= 15 is 0 Å². The topological polar surface area (TPSA) is 24.9 Å². The number of allylic oxidation sites excluding steroid dienone is 2. The van der Waals surface area contributed by atoms with Gasteiger partial charge in [-0.1, -0.05) is 48.5 Å². The number of ether oxygens (including phenoxy) is 2. The molecule has 0 saturated carbocycles. The number of halogens is 1. The SMILES string of the molecule is FC(=CCc1cccc(N2CCCCC2)c1)Cc1ccc(-c2ccc(OCCN3CCOCC3)cc2)cc1. The summed E-state index contributed by atoms with van der Waals surface area (Å²) in [5.74, 6) is 0.798. The van der Waals surface area contributed by atoms with E-state index in [9.17, 15) is 4.39 Å². The molecule has 2 aliphatic heterocycles. The number of benzene rings is 3. The molecule has 0 spiro atoms. The molecule has 4 nitrogen and oxygen atoms in total. The Balaban J connectivity index is 1.10. The molecular weight excluding hydrogens is 475 g/mol. The van der Waals surface area contributed by atoms with Gasteiger partial charge in [-0.2, -0.15) is 0 Å². The standard InChI is InChI=1S/C33H39FN2O2/c34-31(14-9-27-5-4-6-32(26-27)36-17-2-1-3-18-36)25-28-7-10-29(11-8-28)30-12-15-33(16-13-30)38-24-21-35-19-22-37-23-20-35/h4-8,10-16,26H,1-3,9,17-25H2. The van der Waals surface area contributed by atoms with Crippen LogP contribution in [0, 0.1) is 0 Å². The first-order valence-electron chi connectivity index (χ1n) is 14.0. The van der Waals surface area contributed by atoms with E-state index in [2.05, 4.69) is 58.3 Å². The minimum atomic E-state index is -0.0836. The average molecular weight is 515 g/mol. The molecule has 3 aromatic carbocycles. The number of anilines is 1. The molecule has 0 aromatic heterocycles. The quantitative estimate of drug-likeness (QED) is 0.301. The van der Waals surface area contributed by atoms with Crippen LogP contribution in [0.3, 0.4) is 0 Å². The number of rotatable bonds is 10. The van der Waals surface area contributed by atoms with Gasteiger partial charge >= 0.3 is 0 Å². The van der Waals surface area contributed by atoms with Crippen molar-refractivity contribution in [3.05, 3.63) is 95.8 Å². The highest BCUT2D eigenvalue weighted by Crippen LogP contribution is 2.25. The third-order valence-electron chi connectivity index (χ3n) is 7.49. The molecule has 5 heteroatoms. The zero-order valence-electron chi connectivity index (χ0n) is 22.3. The van der Waals surface area contributed by atoms with Gasteiger partial charge in [0.25, 0.3) is 0 Å². The van der Waals surface area contributed by atoms with Crippen molar-refractivity contribution in [2.75, 3.05) is 57.4 Å². The van der Waals surface area contributed by atoms with Crippen molar-refractivity contribution >= 4 is 5.69 Å². The Morgan fingerprint density at radius 2 is 1.53 bits per heavy atom. The molecule has 0 bridgehead atoms. The molecule has 0 atom stereocenters. The fraction of sp³-hybridized carbons (Fsp3) is 0.394. The Morgan fingerprint density at radius 3 is 2.26 bits per heavy atom.